The van der Waals surface area contributed by atoms with Gasteiger partial charge in [-0.2, -0.15) is 0 Å². The summed E-state index contributed by atoms with van der Waals surface area (Å²) in [5.74, 6) is 0. The van der Waals surface area contributed by atoms with E-state index >= 15 is 0 Å². The molecule has 5 rings (SSSR count). The van der Waals surface area contributed by atoms with E-state index in [9.17, 15) is 0 Å². The first-order chi connectivity index (χ1) is 21.6. The number of anilines is 4. The van der Waals surface area contributed by atoms with Crippen molar-refractivity contribution in [2.24, 2.45) is 0 Å². The Balaban J connectivity index is 1.51. The van der Waals surface area contributed by atoms with E-state index in [0.717, 1.165) is 50.8 Å². The molecule has 0 saturated carbocycles. The van der Waals surface area contributed by atoms with Crippen LogP contribution in [-0.4, -0.2) is 0 Å². The van der Waals surface area contributed by atoms with Gasteiger partial charge in [-0.1, -0.05) is 135 Å². The number of benzene rings is 5. The van der Waals surface area contributed by atoms with Gasteiger partial charge in [0.1, 0.15) is 0 Å². The lowest BCUT2D eigenvalue weighted by atomic mass is 10.1. The molecule has 0 fully saturated rings. The molecule has 214 valence electrons. The maximum absolute atomic E-state index is 4.46. The molecule has 0 radical (unpaired) electrons. The molecule has 0 spiro atoms. The molecule has 0 N–H and O–H groups in total. The molecule has 2 nitrogen and oxygen atoms in total. The average molecular weight is 569 g/mol. The molecule has 0 bridgehead atoms. The fraction of sp³-hybridized carbons (Fsp3) is 0. The normalized spacial score (nSPS) is 11.4. The third-order valence-electron chi connectivity index (χ3n) is 7.13. The van der Waals surface area contributed by atoms with Gasteiger partial charge in [0.05, 0.1) is 0 Å². The maximum Gasteiger partial charge on any atom is 0.0463 e. The first kappa shape index (κ1) is 29.6. The largest absolute Gasteiger partial charge is 0.311 e. The van der Waals surface area contributed by atoms with Gasteiger partial charge >= 0.3 is 0 Å². The van der Waals surface area contributed by atoms with Crippen LogP contribution in [0.3, 0.4) is 0 Å². The quantitative estimate of drug-likeness (QED) is 0.138. The molecular formula is C42H36N2. The number of hydrogen-bond acceptors (Lipinski definition) is 2. The van der Waals surface area contributed by atoms with Gasteiger partial charge in [0.15, 0.2) is 0 Å². The zero-order valence-electron chi connectivity index (χ0n) is 24.8. The summed E-state index contributed by atoms with van der Waals surface area (Å²) in [5, 5.41) is 0. The van der Waals surface area contributed by atoms with Crippen molar-refractivity contribution in [3.63, 3.8) is 0 Å². The molecule has 0 aliphatic carbocycles. The van der Waals surface area contributed by atoms with Crippen molar-refractivity contribution >= 4 is 34.4 Å². The van der Waals surface area contributed by atoms with Crippen LogP contribution in [0.4, 0.5) is 22.7 Å². The van der Waals surface area contributed by atoms with Crippen LogP contribution in [0.5, 0.6) is 0 Å². The summed E-state index contributed by atoms with van der Waals surface area (Å²) in [5.41, 5.74) is 9.00. The van der Waals surface area contributed by atoms with Crippen molar-refractivity contribution in [3.8, 4) is 0 Å². The SMILES string of the molecule is C=C/C(=C\C=C\c1ccccc1)N(C(=C)/C=C\C(=C)c1ccccc1)c1ccc(N(c2ccccc2)c2ccccc2)cc1. The van der Waals surface area contributed by atoms with Crippen molar-refractivity contribution in [3.05, 3.63) is 218 Å². The second-order valence-electron chi connectivity index (χ2n) is 10.1. The van der Waals surface area contributed by atoms with Gasteiger partial charge in [-0.05, 0) is 83.5 Å². The Morgan fingerprint density at radius 2 is 1.00 bits per heavy atom. The second-order valence-corrected chi connectivity index (χ2v) is 10.1. The van der Waals surface area contributed by atoms with Crippen LogP contribution in [0.2, 0.25) is 0 Å². The Bertz CT molecular complexity index is 1720. The van der Waals surface area contributed by atoms with Crippen LogP contribution < -0.4 is 9.80 Å². The topological polar surface area (TPSA) is 6.48 Å². The van der Waals surface area contributed by atoms with E-state index in [1.165, 1.54) is 0 Å². The Labute approximate surface area is 261 Å². The van der Waals surface area contributed by atoms with Crippen molar-refractivity contribution in [2.75, 3.05) is 9.80 Å². The summed E-state index contributed by atoms with van der Waals surface area (Å²) in [6.45, 7) is 12.9. The molecular weight excluding hydrogens is 532 g/mol. The van der Waals surface area contributed by atoms with Crippen LogP contribution in [0, 0.1) is 0 Å². The summed E-state index contributed by atoms with van der Waals surface area (Å²) in [7, 11) is 0. The minimum Gasteiger partial charge on any atom is -0.311 e. The van der Waals surface area contributed by atoms with Crippen LogP contribution in [0.1, 0.15) is 11.1 Å². The van der Waals surface area contributed by atoms with E-state index in [0.29, 0.717) is 0 Å². The molecule has 0 saturated heterocycles. The zero-order chi connectivity index (χ0) is 30.6. The van der Waals surface area contributed by atoms with Crippen molar-refractivity contribution < 1.29 is 0 Å². The lowest BCUT2D eigenvalue weighted by Crippen LogP contribution is -2.19. The fourth-order valence-electron chi connectivity index (χ4n) is 4.91. The molecule has 2 heteroatoms. The van der Waals surface area contributed by atoms with E-state index in [1.54, 1.807) is 0 Å². The second kappa shape index (κ2) is 14.9. The first-order valence-corrected chi connectivity index (χ1v) is 14.6. The van der Waals surface area contributed by atoms with Gasteiger partial charge in [0, 0.05) is 34.1 Å². The third kappa shape index (κ3) is 7.50. The van der Waals surface area contributed by atoms with Crippen LogP contribution in [0.25, 0.3) is 11.6 Å². The maximum atomic E-state index is 4.46. The van der Waals surface area contributed by atoms with E-state index in [4.69, 9.17) is 0 Å². The molecule has 5 aromatic rings. The molecule has 0 aliphatic rings. The van der Waals surface area contributed by atoms with Crippen molar-refractivity contribution in [2.45, 2.75) is 0 Å². The van der Waals surface area contributed by atoms with Crippen LogP contribution >= 0.6 is 0 Å². The van der Waals surface area contributed by atoms with E-state index in [-0.39, 0.29) is 0 Å². The molecule has 0 amide bonds. The van der Waals surface area contributed by atoms with Gasteiger partial charge in [-0.25, -0.2) is 0 Å². The number of allylic oxidation sites excluding steroid dienone is 6. The number of rotatable bonds is 12. The summed E-state index contributed by atoms with van der Waals surface area (Å²) in [4.78, 5) is 4.36. The third-order valence-corrected chi connectivity index (χ3v) is 7.13. The highest BCUT2D eigenvalue weighted by Crippen LogP contribution is 2.36. The molecule has 0 aromatic heterocycles. The number of hydrogen-bond donors (Lipinski definition) is 0. The van der Waals surface area contributed by atoms with Gasteiger partial charge in [0.25, 0.3) is 0 Å². The lowest BCUT2D eigenvalue weighted by Gasteiger charge is -2.29. The molecule has 0 aliphatic heterocycles. The monoisotopic (exact) mass is 568 g/mol. The summed E-state index contributed by atoms with van der Waals surface area (Å²) in [6, 6.07) is 49.7. The Morgan fingerprint density at radius 3 is 1.55 bits per heavy atom. The highest BCUT2D eigenvalue weighted by Gasteiger charge is 2.15. The van der Waals surface area contributed by atoms with Gasteiger partial charge < -0.3 is 9.80 Å². The minimum atomic E-state index is 0.789. The molecule has 44 heavy (non-hydrogen) atoms. The highest BCUT2D eigenvalue weighted by molar-refractivity contribution is 5.78. The van der Waals surface area contributed by atoms with E-state index in [2.05, 4.69) is 139 Å². The Kier molecular flexibility index (Phi) is 10.0. The fourth-order valence-corrected chi connectivity index (χ4v) is 4.91. The van der Waals surface area contributed by atoms with Crippen LogP contribution in [-0.2, 0) is 0 Å². The van der Waals surface area contributed by atoms with Crippen LogP contribution in [0.15, 0.2) is 207 Å². The number of nitrogens with zero attached hydrogens (tertiary/aromatic N) is 2. The number of para-hydroxylation sites is 2. The van der Waals surface area contributed by atoms with Gasteiger partial charge in [0.2, 0.25) is 0 Å². The van der Waals surface area contributed by atoms with Crippen molar-refractivity contribution in [1.82, 2.24) is 0 Å². The van der Waals surface area contributed by atoms with E-state index in [1.807, 2.05) is 72.8 Å². The standard InChI is InChI=1S/C42H36N2/c1-4-38(27-17-20-36-18-9-5-10-19-36)43(35(3)29-28-34(2)37-21-11-6-12-22-37)41-30-32-42(33-31-41)44(39-23-13-7-14-24-39)40-25-15-8-16-26-40/h4-33H,1-3H2/b20-17+,29-28-,38-27+. The molecule has 5 aromatic carbocycles. The summed E-state index contributed by atoms with van der Waals surface area (Å²) < 4.78 is 0. The minimum absolute atomic E-state index is 0.789. The average Bonchev–Trinajstić information content (AvgIpc) is 3.09. The van der Waals surface area contributed by atoms with Crippen molar-refractivity contribution in [1.29, 1.82) is 0 Å². The van der Waals surface area contributed by atoms with E-state index < -0.39 is 0 Å². The Hall–Kier alpha value is -5.86. The predicted molar refractivity (Wildman–Crippen MR) is 191 cm³/mol. The summed E-state index contributed by atoms with van der Waals surface area (Å²) in [6.07, 6.45) is 12.0. The first-order valence-electron chi connectivity index (χ1n) is 14.6. The molecule has 0 atom stereocenters. The van der Waals surface area contributed by atoms with Gasteiger partial charge in [-0.3, -0.25) is 0 Å². The predicted octanol–water partition coefficient (Wildman–Crippen LogP) is 11.5. The zero-order valence-corrected chi connectivity index (χ0v) is 24.8. The molecule has 0 unspecified atom stereocenters. The highest BCUT2D eigenvalue weighted by atomic mass is 15.2. The lowest BCUT2D eigenvalue weighted by molar-refractivity contribution is 1.15. The smallest absolute Gasteiger partial charge is 0.0463 e. The Morgan fingerprint density at radius 1 is 0.523 bits per heavy atom. The molecule has 0 heterocycles. The van der Waals surface area contributed by atoms with Gasteiger partial charge in [-0.15, -0.1) is 0 Å². The summed E-state index contributed by atoms with van der Waals surface area (Å²) >= 11 is 0.